The predicted molar refractivity (Wildman–Crippen MR) is 112 cm³/mol. The highest BCUT2D eigenvalue weighted by molar-refractivity contribution is 7.92. The van der Waals surface area contributed by atoms with Crippen molar-refractivity contribution in [2.24, 2.45) is 0 Å². The van der Waals surface area contributed by atoms with Crippen molar-refractivity contribution in [1.82, 2.24) is 4.90 Å². The Kier molecular flexibility index (Phi) is 5.28. The van der Waals surface area contributed by atoms with Crippen LogP contribution in [-0.2, 0) is 10.0 Å². The van der Waals surface area contributed by atoms with Crippen LogP contribution in [0.25, 0.3) is 11.0 Å². The summed E-state index contributed by atoms with van der Waals surface area (Å²) in [7, 11) is -3.64. The number of hydrogen-bond donors (Lipinski definition) is 2. The smallest absolute Gasteiger partial charge is 0.261 e. The minimum atomic E-state index is -3.64. The standard InChI is InChI=1S/C21H25N3O3S/c1-2-24-11-6-7-18(24)15-22-20-14-17(13-16-10-12-27-21(16)20)23-28(25,26)19-8-4-3-5-9-19/h3-5,8-10,12-14,18,22-23H,2,6-7,11,15H2,1H3/t18-/m1/s1. The van der Waals surface area contributed by atoms with E-state index in [-0.39, 0.29) is 4.90 Å². The van der Waals surface area contributed by atoms with Gasteiger partial charge in [-0.1, -0.05) is 25.1 Å². The summed E-state index contributed by atoms with van der Waals surface area (Å²) >= 11 is 0. The molecule has 2 N–H and O–H groups in total. The molecule has 1 saturated heterocycles. The number of furan rings is 1. The third-order valence-corrected chi connectivity index (χ3v) is 6.69. The van der Waals surface area contributed by atoms with Crippen LogP contribution < -0.4 is 10.0 Å². The van der Waals surface area contributed by atoms with Crippen LogP contribution in [0.15, 0.2) is 64.1 Å². The van der Waals surface area contributed by atoms with Crippen LogP contribution in [-0.4, -0.2) is 39.0 Å². The first kappa shape index (κ1) is 18.8. The molecule has 0 saturated carbocycles. The van der Waals surface area contributed by atoms with E-state index < -0.39 is 10.0 Å². The molecule has 0 amide bonds. The zero-order chi connectivity index (χ0) is 19.6. The van der Waals surface area contributed by atoms with Gasteiger partial charge in [0.05, 0.1) is 22.5 Å². The molecule has 2 heterocycles. The molecular formula is C21H25N3O3S. The Morgan fingerprint density at radius 3 is 2.79 bits per heavy atom. The van der Waals surface area contributed by atoms with Crippen LogP contribution in [0.5, 0.6) is 0 Å². The van der Waals surface area contributed by atoms with Crippen molar-refractivity contribution >= 4 is 32.4 Å². The number of rotatable bonds is 7. The van der Waals surface area contributed by atoms with E-state index in [1.807, 2.05) is 6.07 Å². The van der Waals surface area contributed by atoms with Gasteiger partial charge in [0.15, 0.2) is 5.58 Å². The third kappa shape index (κ3) is 3.86. The van der Waals surface area contributed by atoms with E-state index in [9.17, 15) is 8.42 Å². The van der Waals surface area contributed by atoms with Crippen molar-refractivity contribution in [3.05, 3.63) is 54.8 Å². The molecule has 0 unspecified atom stereocenters. The zero-order valence-corrected chi connectivity index (χ0v) is 16.7. The Hall–Kier alpha value is -2.51. The molecule has 1 atom stereocenters. The van der Waals surface area contributed by atoms with E-state index in [4.69, 9.17) is 4.42 Å². The lowest BCUT2D eigenvalue weighted by Gasteiger charge is -2.23. The minimum absolute atomic E-state index is 0.237. The van der Waals surface area contributed by atoms with Crippen molar-refractivity contribution in [1.29, 1.82) is 0 Å². The molecule has 3 aromatic rings. The van der Waals surface area contributed by atoms with Crippen molar-refractivity contribution in [2.45, 2.75) is 30.7 Å². The number of likely N-dealkylation sites (N-methyl/N-ethyl adjacent to an activating group) is 1. The fourth-order valence-electron chi connectivity index (χ4n) is 3.86. The van der Waals surface area contributed by atoms with Gasteiger partial charge >= 0.3 is 0 Å². The van der Waals surface area contributed by atoms with Gasteiger partial charge in [0, 0.05) is 18.0 Å². The summed E-state index contributed by atoms with van der Waals surface area (Å²) in [6, 6.07) is 14.3. The maximum atomic E-state index is 12.7. The number of benzene rings is 2. The third-order valence-electron chi connectivity index (χ3n) is 5.29. The van der Waals surface area contributed by atoms with Crippen LogP contribution in [0.3, 0.4) is 0 Å². The highest BCUT2D eigenvalue weighted by Crippen LogP contribution is 2.31. The molecule has 148 valence electrons. The molecule has 1 aromatic heterocycles. The second kappa shape index (κ2) is 7.85. The summed E-state index contributed by atoms with van der Waals surface area (Å²) in [4.78, 5) is 2.70. The fourth-order valence-corrected chi connectivity index (χ4v) is 4.92. The first-order chi connectivity index (χ1) is 13.6. The maximum absolute atomic E-state index is 12.7. The zero-order valence-electron chi connectivity index (χ0n) is 15.9. The summed E-state index contributed by atoms with van der Waals surface area (Å²) < 4.78 is 33.7. The predicted octanol–water partition coefficient (Wildman–Crippen LogP) is 4.13. The SMILES string of the molecule is CCN1CCC[C@@H]1CNc1cc(NS(=O)(=O)c2ccccc2)cc2ccoc12. The average Bonchev–Trinajstić information content (AvgIpc) is 3.35. The molecule has 1 fully saturated rings. The molecule has 4 rings (SSSR count). The lowest BCUT2D eigenvalue weighted by molar-refractivity contribution is 0.277. The molecule has 28 heavy (non-hydrogen) atoms. The van der Waals surface area contributed by atoms with Crippen LogP contribution in [0, 0.1) is 0 Å². The van der Waals surface area contributed by atoms with Gasteiger partial charge in [0.25, 0.3) is 10.0 Å². The summed E-state index contributed by atoms with van der Waals surface area (Å²) in [5.74, 6) is 0. The number of anilines is 2. The van der Waals surface area contributed by atoms with Crippen LogP contribution >= 0.6 is 0 Å². The summed E-state index contributed by atoms with van der Waals surface area (Å²) in [6.07, 6.45) is 4.01. The lowest BCUT2D eigenvalue weighted by Crippen LogP contribution is -2.34. The number of fused-ring (bicyclic) bond motifs is 1. The van der Waals surface area contributed by atoms with Crippen LogP contribution in [0.1, 0.15) is 19.8 Å². The molecular weight excluding hydrogens is 374 g/mol. The monoisotopic (exact) mass is 399 g/mol. The molecule has 1 aliphatic heterocycles. The van der Waals surface area contributed by atoms with Gasteiger partial charge in [-0.05, 0) is 56.3 Å². The summed E-state index contributed by atoms with van der Waals surface area (Å²) in [5, 5.41) is 4.33. The van der Waals surface area contributed by atoms with E-state index in [1.165, 1.54) is 12.8 Å². The van der Waals surface area contributed by atoms with Gasteiger partial charge in [-0.2, -0.15) is 0 Å². The molecule has 1 aliphatic rings. The summed E-state index contributed by atoms with van der Waals surface area (Å²) in [6.45, 7) is 5.16. The van der Waals surface area contributed by atoms with E-state index in [2.05, 4.69) is 21.9 Å². The number of likely N-dealkylation sites (tertiary alicyclic amines) is 1. The molecule has 0 aliphatic carbocycles. The maximum Gasteiger partial charge on any atom is 0.261 e. The minimum Gasteiger partial charge on any atom is -0.462 e. The van der Waals surface area contributed by atoms with Crippen molar-refractivity contribution in [2.75, 3.05) is 29.7 Å². The van der Waals surface area contributed by atoms with Gasteiger partial charge in [-0.25, -0.2) is 8.42 Å². The van der Waals surface area contributed by atoms with Gasteiger partial charge in [-0.15, -0.1) is 0 Å². The molecule has 2 aromatic carbocycles. The fraction of sp³-hybridized carbons (Fsp3) is 0.333. The van der Waals surface area contributed by atoms with Crippen LogP contribution in [0.4, 0.5) is 11.4 Å². The first-order valence-electron chi connectivity index (χ1n) is 9.64. The number of nitrogens with zero attached hydrogens (tertiary/aromatic N) is 1. The second-order valence-electron chi connectivity index (χ2n) is 7.09. The average molecular weight is 400 g/mol. The molecule has 6 nitrogen and oxygen atoms in total. The number of hydrogen-bond acceptors (Lipinski definition) is 5. The molecule has 0 spiro atoms. The van der Waals surface area contributed by atoms with Crippen molar-refractivity contribution in [3.8, 4) is 0 Å². The Bertz CT molecular complexity index is 1050. The van der Waals surface area contributed by atoms with E-state index in [0.717, 1.165) is 36.3 Å². The van der Waals surface area contributed by atoms with Gasteiger partial charge in [0.2, 0.25) is 0 Å². The largest absolute Gasteiger partial charge is 0.462 e. The van der Waals surface area contributed by atoms with Gasteiger partial charge in [-0.3, -0.25) is 9.62 Å². The number of nitrogens with one attached hydrogen (secondary N) is 2. The van der Waals surface area contributed by atoms with Gasteiger partial charge in [0.1, 0.15) is 0 Å². The Balaban J connectivity index is 1.58. The first-order valence-corrected chi connectivity index (χ1v) is 11.1. The molecule has 0 radical (unpaired) electrons. The van der Waals surface area contributed by atoms with Gasteiger partial charge < -0.3 is 9.73 Å². The topological polar surface area (TPSA) is 74.6 Å². The highest BCUT2D eigenvalue weighted by Gasteiger charge is 2.23. The number of sulfonamides is 1. The Labute approximate surface area is 165 Å². The van der Waals surface area contributed by atoms with Crippen LogP contribution in [0.2, 0.25) is 0 Å². The second-order valence-corrected chi connectivity index (χ2v) is 8.77. The van der Waals surface area contributed by atoms with Crippen molar-refractivity contribution in [3.63, 3.8) is 0 Å². The highest BCUT2D eigenvalue weighted by atomic mass is 32.2. The van der Waals surface area contributed by atoms with E-state index >= 15 is 0 Å². The Morgan fingerprint density at radius 2 is 2.00 bits per heavy atom. The Morgan fingerprint density at radius 1 is 1.18 bits per heavy atom. The summed E-state index contributed by atoms with van der Waals surface area (Å²) in [5.41, 5.74) is 2.05. The van der Waals surface area contributed by atoms with E-state index in [1.54, 1.807) is 48.7 Å². The normalized spacial score (nSPS) is 17.8. The quantitative estimate of drug-likeness (QED) is 0.625. The molecule has 0 bridgehead atoms. The van der Waals surface area contributed by atoms with Crippen molar-refractivity contribution < 1.29 is 12.8 Å². The lowest BCUT2D eigenvalue weighted by atomic mass is 10.2. The van der Waals surface area contributed by atoms with E-state index in [0.29, 0.717) is 11.7 Å². The molecule has 7 heteroatoms.